The standard InChI is InChI=1S/C17H21FN4O2.ClH/c18-13-3-1-5-15(11-13)24-10-8-20-17(23)16-6-9-22(21-16)14-4-2-7-19-12-14;/h1,3,5-6,9,11,14,19H,2,4,7-8,10,12H2,(H,20,23);1H. The zero-order valence-electron chi connectivity index (χ0n) is 13.8. The van der Waals surface area contributed by atoms with Crippen molar-refractivity contribution >= 4 is 18.3 Å². The Hall–Kier alpha value is -2.12. The van der Waals surface area contributed by atoms with Crippen LogP contribution in [0.25, 0.3) is 0 Å². The molecule has 0 radical (unpaired) electrons. The van der Waals surface area contributed by atoms with Gasteiger partial charge in [-0.1, -0.05) is 6.07 Å². The number of halogens is 2. The molecule has 25 heavy (non-hydrogen) atoms. The fourth-order valence-corrected chi connectivity index (χ4v) is 2.70. The maximum atomic E-state index is 13.0. The van der Waals surface area contributed by atoms with E-state index in [2.05, 4.69) is 15.7 Å². The third-order valence-corrected chi connectivity index (χ3v) is 3.94. The molecule has 1 unspecified atom stereocenters. The van der Waals surface area contributed by atoms with E-state index in [0.29, 0.717) is 24.0 Å². The van der Waals surface area contributed by atoms with Gasteiger partial charge in [0.2, 0.25) is 0 Å². The van der Waals surface area contributed by atoms with Gasteiger partial charge in [-0.25, -0.2) is 4.39 Å². The van der Waals surface area contributed by atoms with Crippen molar-refractivity contribution in [2.45, 2.75) is 18.9 Å². The van der Waals surface area contributed by atoms with E-state index >= 15 is 0 Å². The summed E-state index contributed by atoms with van der Waals surface area (Å²) in [6, 6.07) is 7.93. The van der Waals surface area contributed by atoms with Crippen LogP contribution in [0.2, 0.25) is 0 Å². The average Bonchev–Trinajstić information content (AvgIpc) is 3.10. The number of nitrogens with one attached hydrogen (secondary N) is 2. The fraction of sp³-hybridized carbons (Fsp3) is 0.412. The molecule has 1 fully saturated rings. The van der Waals surface area contributed by atoms with Crippen LogP contribution in [0.3, 0.4) is 0 Å². The van der Waals surface area contributed by atoms with Gasteiger partial charge >= 0.3 is 0 Å². The predicted octanol–water partition coefficient (Wildman–Crippen LogP) is 2.18. The second-order valence-electron chi connectivity index (χ2n) is 5.74. The highest BCUT2D eigenvalue weighted by molar-refractivity contribution is 5.92. The summed E-state index contributed by atoms with van der Waals surface area (Å²) in [5, 5.41) is 10.4. The summed E-state index contributed by atoms with van der Waals surface area (Å²) in [4.78, 5) is 12.1. The zero-order chi connectivity index (χ0) is 16.8. The number of benzene rings is 1. The molecule has 1 aliphatic rings. The number of nitrogens with zero attached hydrogens (tertiary/aromatic N) is 2. The minimum absolute atomic E-state index is 0. The van der Waals surface area contributed by atoms with E-state index in [1.807, 2.05) is 10.9 Å². The Morgan fingerprint density at radius 2 is 2.32 bits per heavy atom. The number of piperidine rings is 1. The Kier molecular flexibility index (Phi) is 7.21. The number of rotatable bonds is 6. The largest absolute Gasteiger partial charge is 0.492 e. The third kappa shape index (κ3) is 5.44. The van der Waals surface area contributed by atoms with E-state index < -0.39 is 0 Å². The Bertz CT molecular complexity index is 689. The molecule has 6 nitrogen and oxygen atoms in total. The normalized spacial score (nSPS) is 16.8. The van der Waals surface area contributed by atoms with Crippen molar-refractivity contribution in [2.75, 3.05) is 26.2 Å². The molecule has 3 rings (SSSR count). The summed E-state index contributed by atoms with van der Waals surface area (Å²) in [5.41, 5.74) is 0.395. The quantitative estimate of drug-likeness (QED) is 0.767. The minimum Gasteiger partial charge on any atom is -0.492 e. The summed E-state index contributed by atoms with van der Waals surface area (Å²) in [5.74, 6) is -0.141. The lowest BCUT2D eigenvalue weighted by molar-refractivity contribution is 0.0940. The smallest absolute Gasteiger partial charge is 0.271 e. The number of hydrogen-bond donors (Lipinski definition) is 2. The highest BCUT2D eigenvalue weighted by Crippen LogP contribution is 2.15. The molecular weight excluding hydrogens is 347 g/mol. The van der Waals surface area contributed by atoms with Gasteiger partial charge < -0.3 is 15.4 Å². The van der Waals surface area contributed by atoms with Gasteiger partial charge in [0, 0.05) is 18.8 Å². The lowest BCUT2D eigenvalue weighted by Crippen LogP contribution is -2.32. The molecule has 1 aliphatic heterocycles. The molecule has 0 bridgehead atoms. The van der Waals surface area contributed by atoms with Gasteiger partial charge in [0.05, 0.1) is 12.6 Å². The van der Waals surface area contributed by atoms with Crippen LogP contribution in [0, 0.1) is 5.82 Å². The third-order valence-electron chi connectivity index (χ3n) is 3.94. The van der Waals surface area contributed by atoms with Crippen molar-refractivity contribution in [3.05, 3.63) is 48.0 Å². The van der Waals surface area contributed by atoms with Crippen LogP contribution in [0.4, 0.5) is 4.39 Å². The number of ether oxygens (including phenoxy) is 1. The van der Waals surface area contributed by atoms with E-state index in [-0.39, 0.29) is 30.7 Å². The van der Waals surface area contributed by atoms with E-state index in [4.69, 9.17) is 4.74 Å². The molecule has 8 heteroatoms. The van der Waals surface area contributed by atoms with Crippen molar-refractivity contribution in [1.82, 2.24) is 20.4 Å². The summed E-state index contributed by atoms with van der Waals surface area (Å²) in [6.07, 6.45) is 4.02. The first-order valence-electron chi connectivity index (χ1n) is 8.15. The van der Waals surface area contributed by atoms with Crippen molar-refractivity contribution in [3.63, 3.8) is 0 Å². The van der Waals surface area contributed by atoms with Gasteiger partial charge in [-0.05, 0) is 37.6 Å². The van der Waals surface area contributed by atoms with Crippen molar-refractivity contribution in [2.24, 2.45) is 0 Å². The monoisotopic (exact) mass is 368 g/mol. The highest BCUT2D eigenvalue weighted by atomic mass is 35.5. The molecule has 1 aromatic carbocycles. The number of carbonyl (C=O) groups is 1. The fourth-order valence-electron chi connectivity index (χ4n) is 2.70. The molecule has 0 spiro atoms. The van der Waals surface area contributed by atoms with Gasteiger partial charge in [-0.2, -0.15) is 5.10 Å². The van der Waals surface area contributed by atoms with Gasteiger partial charge in [0.15, 0.2) is 0 Å². The second kappa shape index (κ2) is 9.39. The van der Waals surface area contributed by atoms with Crippen LogP contribution in [0.1, 0.15) is 29.4 Å². The Morgan fingerprint density at radius 1 is 1.44 bits per heavy atom. The molecule has 2 N–H and O–H groups in total. The molecule has 0 saturated carbocycles. The summed E-state index contributed by atoms with van der Waals surface area (Å²) < 4.78 is 20.3. The maximum absolute atomic E-state index is 13.0. The first-order valence-corrected chi connectivity index (χ1v) is 8.15. The Morgan fingerprint density at radius 3 is 3.08 bits per heavy atom. The van der Waals surface area contributed by atoms with E-state index in [9.17, 15) is 9.18 Å². The molecule has 0 aliphatic carbocycles. The molecule has 2 heterocycles. The summed E-state index contributed by atoms with van der Waals surface area (Å²) in [7, 11) is 0. The van der Waals surface area contributed by atoms with E-state index in [0.717, 1.165) is 25.9 Å². The number of amides is 1. The van der Waals surface area contributed by atoms with E-state index in [1.165, 1.54) is 12.1 Å². The number of aromatic nitrogens is 2. The van der Waals surface area contributed by atoms with Crippen molar-refractivity contribution in [3.8, 4) is 5.75 Å². The van der Waals surface area contributed by atoms with Crippen LogP contribution < -0.4 is 15.4 Å². The molecule has 1 aromatic heterocycles. The molecule has 1 saturated heterocycles. The number of hydrogen-bond acceptors (Lipinski definition) is 4. The van der Waals surface area contributed by atoms with Gasteiger partial charge in [-0.3, -0.25) is 9.48 Å². The first kappa shape index (κ1) is 19.2. The first-order chi connectivity index (χ1) is 11.7. The summed E-state index contributed by atoms with van der Waals surface area (Å²) in [6.45, 7) is 2.51. The average molecular weight is 369 g/mol. The van der Waals surface area contributed by atoms with E-state index in [1.54, 1.807) is 18.2 Å². The number of carbonyl (C=O) groups excluding carboxylic acids is 1. The van der Waals surface area contributed by atoms with Crippen molar-refractivity contribution < 1.29 is 13.9 Å². The van der Waals surface area contributed by atoms with Crippen LogP contribution in [0.5, 0.6) is 5.75 Å². The van der Waals surface area contributed by atoms with Crippen LogP contribution in [0.15, 0.2) is 36.5 Å². The van der Waals surface area contributed by atoms with Crippen LogP contribution in [-0.2, 0) is 0 Å². The van der Waals surface area contributed by atoms with Crippen LogP contribution >= 0.6 is 12.4 Å². The predicted molar refractivity (Wildman–Crippen MR) is 94.8 cm³/mol. The van der Waals surface area contributed by atoms with Crippen molar-refractivity contribution in [1.29, 1.82) is 0 Å². The molecule has 1 atom stereocenters. The zero-order valence-corrected chi connectivity index (χ0v) is 14.6. The Labute approximate surface area is 152 Å². The van der Waals surface area contributed by atoms with Gasteiger partial charge in [0.25, 0.3) is 5.91 Å². The maximum Gasteiger partial charge on any atom is 0.271 e. The Balaban J connectivity index is 0.00000225. The molecule has 1 amide bonds. The topological polar surface area (TPSA) is 68.2 Å². The lowest BCUT2D eigenvalue weighted by Gasteiger charge is -2.22. The molecular formula is C17H22ClFN4O2. The second-order valence-corrected chi connectivity index (χ2v) is 5.74. The molecule has 136 valence electrons. The summed E-state index contributed by atoms with van der Waals surface area (Å²) >= 11 is 0. The van der Waals surface area contributed by atoms with Gasteiger partial charge in [-0.15, -0.1) is 12.4 Å². The SMILES string of the molecule is Cl.O=C(NCCOc1cccc(F)c1)c1ccn(C2CCCNC2)n1. The van der Waals surface area contributed by atoms with Crippen LogP contribution in [-0.4, -0.2) is 41.9 Å². The highest BCUT2D eigenvalue weighted by Gasteiger charge is 2.17. The molecule has 2 aromatic rings. The minimum atomic E-state index is -0.348. The van der Waals surface area contributed by atoms with Gasteiger partial charge in [0.1, 0.15) is 23.9 Å². The lowest BCUT2D eigenvalue weighted by atomic mass is 10.1.